The van der Waals surface area contributed by atoms with Crippen LogP contribution in [0.25, 0.3) is 0 Å². The molecule has 30 heavy (non-hydrogen) atoms. The van der Waals surface area contributed by atoms with Gasteiger partial charge in [-0.2, -0.15) is 0 Å². The lowest BCUT2D eigenvalue weighted by Crippen LogP contribution is -2.28. The van der Waals surface area contributed by atoms with Crippen molar-refractivity contribution in [1.29, 1.82) is 0 Å². The second-order valence-electron chi connectivity index (χ2n) is 6.67. The largest absolute Gasteiger partial charge is 0.495 e. The first-order valence-electron chi connectivity index (χ1n) is 9.38. The van der Waals surface area contributed by atoms with Gasteiger partial charge in [-0.3, -0.25) is 9.59 Å². The van der Waals surface area contributed by atoms with Gasteiger partial charge in [-0.25, -0.2) is 0 Å². The summed E-state index contributed by atoms with van der Waals surface area (Å²) in [5.74, 6) is 0.481. The van der Waals surface area contributed by atoms with Gasteiger partial charge in [0.1, 0.15) is 18.1 Å². The first-order valence-corrected chi connectivity index (χ1v) is 10.2. The Morgan fingerprint density at radius 1 is 1.17 bits per heavy atom. The van der Waals surface area contributed by atoms with E-state index in [1.54, 1.807) is 24.1 Å². The van der Waals surface area contributed by atoms with E-state index in [9.17, 15) is 9.59 Å². The molecular weight excluding hydrogens is 404 g/mol. The molecule has 1 N–H and O–H groups in total. The number of aromatic nitrogens is 2. The van der Waals surface area contributed by atoms with E-state index < -0.39 is 5.92 Å². The van der Waals surface area contributed by atoms with Gasteiger partial charge in [-0.1, -0.05) is 41.7 Å². The number of amides is 2. The van der Waals surface area contributed by atoms with E-state index in [2.05, 4.69) is 15.5 Å². The molecule has 1 aliphatic rings. The van der Waals surface area contributed by atoms with Crippen LogP contribution in [0.5, 0.6) is 11.5 Å². The predicted molar refractivity (Wildman–Crippen MR) is 113 cm³/mol. The number of hydrogen-bond donors (Lipinski definition) is 1. The Kier molecular flexibility index (Phi) is 5.89. The molecule has 0 unspecified atom stereocenters. The van der Waals surface area contributed by atoms with E-state index in [1.807, 2.05) is 42.5 Å². The van der Waals surface area contributed by atoms with Crippen molar-refractivity contribution in [3.05, 3.63) is 59.6 Å². The van der Waals surface area contributed by atoms with Crippen molar-refractivity contribution in [2.24, 2.45) is 5.92 Å². The van der Waals surface area contributed by atoms with Gasteiger partial charge in [-0.15, -0.1) is 10.2 Å². The highest BCUT2D eigenvalue weighted by molar-refractivity contribution is 7.15. The molecule has 0 radical (unpaired) electrons. The molecule has 2 amide bonds. The van der Waals surface area contributed by atoms with Crippen LogP contribution in [-0.2, 0) is 16.2 Å². The highest BCUT2D eigenvalue weighted by atomic mass is 32.1. The van der Waals surface area contributed by atoms with Gasteiger partial charge < -0.3 is 19.7 Å². The first-order chi connectivity index (χ1) is 14.6. The van der Waals surface area contributed by atoms with E-state index in [0.29, 0.717) is 21.6 Å². The molecule has 2 aromatic carbocycles. The van der Waals surface area contributed by atoms with Crippen molar-refractivity contribution in [2.75, 3.05) is 23.9 Å². The quantitative estimate of drug-likeness (QED) is 0.626. The SMILES string of the molecule is COc1ccccc1N1C[C@H](C(=O)Nc2nnc(COc3ccccc3)s2)CC1=O. The number of nitrogens with one attached hydrogen (secondary N) is 1. The van der Waals surface area contributed by atoms with Crippen LogP contribution in [0.1, 0.15) is 11.4 Å². The fraction of sp³-hybridized carbons (Fsp3) is 0.238. The molecule has 1 saturated heterocycles. The van der Waals surface area contributed by atoms with E-state index >= 15 is 0 Å². The Morgan fingerprint density at radius 2 is 1.93 bits per heavy atom. The zero-order chi connectivity index (χ0) is 20.9. The minimum atomic E-state index is -0.477. The van der Waals surface area contributed by atoms with Gasteiger partial charge in [0.05, 0.1) is 18.7 Å². The summed E-state index contributed by atoms with van der Waals surface area (Å²) in [6.45, 7) is 0.550. The Hall–Kier alpha value is -3.46. The third kappa shape index (κ3) is 4.41. The number of nitrogens with zero attached hydrogens (tertiary/aromatic N) is 3. The van der Waals surface area contributed by atoms with Gasteiger partial charge in [0.25, 0.3) is 0 Å². The van der Waals surface area contributed by atoms with Crippen LogP contribution in [0.2, 0.25) is 0 Å². The maximum Gasteiger partial charge on any atom is 0.231 e. The molecule has 1 aromatic heterocycles. The molecule has 0 spiro atoms. The lowest BCUT2D eigenvalue weighted by atomic mass is 10.1. The third-order valence-electron chi connectivity index (χ3n) is 4.67. The molecule has 1 fully saturated rings. The number of para-hydroxylation sites is 3. The fourth-order valence-corrected chi connectivity index (χ4v) is 3.86. The van der Waals surface area contributed by atoms with Crippen molar-refractivity contribution < 1.29 is 19.1 Å². The Bertz CT molecular complexity index is 1040. The number of benzene rings is 2. The monoisotopic (exact) mass is 424 g/mol. The molecule has 0 aliphatic carbocycles. The Balaban J connectivity index is 1.35. The van der Waals surface area contributed by atoms with Crippen molar-refractivity contribution >= 4 is 34.0 Å². The van der Waals surface area contributed by atoms with Gasteiger partial charge in [0.2, 0.25) is 16.9 Å². The van der Waals surface area contributed by atoms with Crippen LogP contribution in [0.4, 0.5) is 10.8 Å². The van der Waals surface area contributed by atoms with Gasteiger partial charge >= 0.3 is 0 Å². The summed E-state index contributed by atoms with van der Waals surface area (Å²) in [7, 11) is 1.55. The summed E-state index contributed by atoms with van der Waals surface area (Å²) in [6, 6.07) is 16.7. The summed E-state index contributed by atoms with van der Waals surface area (Å²) in [6.07, 6.45) is 0.132. The lowest BCUT2D eigenvalue weighted by Gasteiger charge is -2.19. The summed E-state index contributed by atoms with van der Waals surface area (Å²) >= 11 is 1.25. The molecule has 4 rings (SSSR count). The van der Waals surface area contributed by atoms with Crippen molar-refractivity contribution in [3.8, 4) is 11.5 Å². The topological polar surface area (TPSA) is 93.7 Å². The summed E-state index contributed by atoms with van der Waals surface area (Å²) in [5, 5.41) is 11.8. The molecule has 0 bridgehead atoms. The average Bonchev–Trinajstić information content (AvgIpc) is 3.39. The van der Waals surface area contributed by atoms with Crippen LogP contribution < -0.4 is 19.7 Å². The van der Waals surface area contributed by atoms with E-state index in [1.165, 1.54) is 11.3 Å². The van der Waals surface area contributed by atoms with Crippen LogP contribution in [0, 0.1) is 5.92 Å². The van der Waals surface area contributed by atoms with Crippen LogP contribution >= 0.6 is 11.3 Å². The number of carbonyl (C=O) groups is 2. The van der Waals surface area contributed by atoms with Gasteiger partial charge in [0.15, 0.2) is 5.01 Å². The average molecular weight is 424 g/mol. The maximum absolute atomic E-state index is 12.7. The van der Waals surface area contributed by atoms with E-state index in [4.69, 9.17) is 9.47 Å². The standard InChI is InChI=1S/C21H20N4O4S/c1-28-17-10-6-5-9-16(17)25-12-14(11-19(25)26)20(27)22-21-24-23-18(30-21)13-29-15-7-3-2-4-8-15/h2-10,14H,11-13H2,1H3,(H,22,24,27)/t14-/m1/s1. The number of methoxy groups -OCH3 is 1. The molecule has 154 valence electrons. The summed E-state index contributed by atoms with van der Waals surface area (Å²) in [5.41, 5.74) is 0.663. The van der Waals surface area contributed by atoms with Crippen LogP contribution in [-0.4, -0.2) is 35.7 Å². The predicted octanol–water partition coefficient (Wildman–Crippen LogP) is 3.12. The number of carbonyl (C=O) groups excluding carboxylic acids is 2. The smallest absolute Gasteiger partial charge is 0.231 e. The van der Waals surface area contributed by atoms with E-state index in [-0.39, 0.29) is 31.4 Å². The number of rotatable bonds is 7. The number of anilines is 2. The zero-order valence-corrected chi connectivity index (χ0v) is 17.1. The van der Waals surface area contributed by atoms with Crippen molar-refractivity contribution in [2.45, 2.75) is 13.0 Å². The summed E-state index contributed by atoms with van der Waals surface area (Å²) < 4.78 is 11.0. The molecule has 1 atom stereocenters. The second kappa shape index (κ2) is 8.91. The number of ether oxygens (including phenoxy) is 2. The molecule has 9 heteroatoms. The first kappa shape index (κ1) is 19.8. The minimum absolute atomic E-state index is 0.117. The zero-order valence-electron chi connectivity index (χ0n) is 16.3. The molecule has 3 aromatic rings. The van der Waals surface area contributed by atoms with Crippen molar-refractivity contribution in [1.82, 2.24) is 10.2 Å². The maximum atomic E-state index is 12.7. The Morgan fingerprint density at radius 3 is 2.73 bits per heavy atom. The highest BCUT2D eigenvalue weighted by Gasteiger charge is 2.36. The fourth-order valence-electron chi connectivity index (χ4n) is 3.20. The third-order valence-corrected chi connectivity index (χ3v) is 5.49. The Labute approximate surface area is 177 Å². The van der Waals surface area contributed by atoms with Gasteiger partial charge in [-0.05, 0) is 24.3 Å². The lowest BCUT2D eigenvalue weighted by molar-refractivity contribution is -0.122. The molecule has 1 aliphatic heterocycles. The highest BCUT2D eigenvalue weighted by Crippen LogP contribution is 2.33. The van der Waals surface area contributed by atoms with E-state index in [0.717, 1.165) is 5.75 Å². The van der Waals surface area contributed by atoms with Gasteiger partial charge in [0, 0.05) is 13.0 Å². The minimum Gasteiger partial charge on any atom is -0.495 e. The normalized spacial score (nSPS) is 15.8. The summed E-state index contributed by atoms with van der Waals surface area (Å²) in [4.78, 5) is 26.7. The molecule has 0 saturated carbocycles. The number of hydrogen-bond acceptors (Lipinski definition) is 7. The molecular formula is C21H20N4O4S. The van der Waals surface area contributed by atoms with Crippen LogP contribution in [0.3, 0.4) is 0 Å². The molecule has 2 heterocycles. The van der Waals surface area contributed by atoms with Crippen molar-refractivity contribution in [3.63, 3.8) is 0 Å². The van der Waals surface area contributed by atoms with Crippen LogP contribution in [0.15, 0.2) is 54.6 Å². The second-order valence-corrected chi connectivity index (χ2v) is 7.73. The molecule has 8 nitrogen and oxygen atoms in total.